The smallest absolute Gasteiger partial charge is 0.187 e. The molecule has 2 unspecified atom stereocenters. The van der Waals surface area contributed by atoms with Crippen molar-refractivity contribution in [3.63, 3.8) is 0 Å². The largest absolute Gasteiger partial charge is 1.00 e. The first-order chi connectivity index (χ1) is 3.67. The van der Waals surface area contributed by atoms with Gasteiger partial charge in [0.1, 0.15) is 0 Å². The van der Waals surface area contributed by atoms with Crippen LogP contribution in [0.15, 0.2) is 0 Å². The van der Waals surface area contributed by atoms with Crippen molar-refractivity contribution < 1.29 is 22.5 Å². The number of alkyl halides is 2. The van der Waals surface area contributed by atoms with Gasteiger partial charge < -0.3 is 18.1 Å². The standard InChI is InChI=1S/C5H9ClFN.ClH/c6-5(7)3-4(5)1-2-8;/h4H,1-3,8H2;1H. The molecule has 1 aliphatic carbocycles. The highest BCUT2D eigenvalue weighted by atomic mass is 35.5. The van der Waals surface area contributed by atoms with E-state index in [2.05, 4.69) is 5.73 Å². The van der Waals surface area contributed by atoms with Gasteiger partial charge in [-0.25, -0.2) is 4.39 Å². The Morgan fingerprint density at radius 1 is 1.78 bits per heavy atom. The molecule has 3 N–H and O–H groups in total. The SMILES string of the molecule is [Cl-].[NH3+]CCC1CC1(F)Cl. The van der Waals surface area contributed by atoms with Gasteiger partial charge in [-0.2, -0.15) is 0 Å². The van der Waals surface area contributed by atoms with Gasteiger partial charge >= 0.3 is 0 Å². The van der Waals surface area contributed by atoms with Gasteiger partial charge in [-0.15, -0.1) is 0 Å². The second-order valence-electron chi connectivity index (χ2n) is 2.30. The Balaban J connectivity index is 0.000000640. The first-order valence-corrected chi connectivity index (χ1v) is 3.21. The predicted octanol–water partition coefficient (Wildman–Crippen LogP) is -2.45. The van der Waals surface area contributed by atoms with Gasteiger partial charge in [-0.1, -0.05) is 11.6 Å². The Morgan fingerprint density at radius 3 is 2.33 bits per heavy atom. The van der Waals surface area contributed by atoms with Gasteiger partial charge in [-0.3, -0.25) is 0 Å². The van der Waals surface area contributed by atoms with E-state index in [1.165, 1.54) is 0 Å². The lowest BCUT2D eigenvalue weighted by Crippen LogP contribution is -3.00. The molecule has 0 aliphatic heterocycles. The van der Waals surface area contributed by atoms with Crippen LogP contribution in [0.1, 0.15) is 12.8 Å². The van der Waals surface area contributed by atoms with E-state index < -0.39 is 5.13 Å². The Kier molecular flexibility index (Phi) is 3.20. The van der Waals surface area contributed by atoms with Gasteiger partial charge in [0.05, 0.1) is 6.54 Å². The molecule has 0 bridgehead atoms. The second kappa shape index (κ2) is 3.04. The fourth-order valence-corrected chi connectivity index (χ4v) is 1.12. The normalized spacial score (nSPS) is 39.7. The number of quaternary nitrogens is 1. The number of hydrogen-bond donors (Lipinski definition) is 1. The summed E-state index contributed by atoms with van der Waals surface area (Å²) in [5.74, 6) is 0.0988. The third kappa shape index (κ3) is 2.28. The van der Waals surface area contributed by atoms with Crippen molar-refractivity contribution in [1.29, 1.82) is 0 Å². The molecule has 0 aromatic carbocycles. The maximum atomic E-state index is 12.4. The lowest BCUT2D eigenvalue weighted by atomic mass is 10.3. The molecule has 0 aromatic heterocycles. The van der Waals surface area contributed by atoms with Crippen molar-refractivity contribution in [2.75, 3.05) is 6.54 Å². The molecule has 1 rings (SSSR count). The average Bonchev–Trinajstić information content (AvgIpc) is 2.15. The minimum atomic E-state index is -1.35. The van der Waals surface area contributed by atoms with Gasteiger partial charge in [0.2, 0.25) is 0 Å². The Bertz CT molecular complexity index is 97.0. The van der Waals surface area contributed by atoms with Crippen LogP contribution in [0.2, 0.25) is 0 Å². The van der Waals surface area contributed by atoms with Crippen LogP contribution < -0.4 is 18.1 Å². The minimum Gasteiger partial charge on any atom is -1.00 e. The van der Waals surface area contributed by atoms with Gasteiger partial charge in [0.25, 0.3) is 0 Å². The van der Waals surface area contributed by atoms with Crippen LogP contribution in [-0.4, -0.2) is 11.7 Å². The fraction of sp³-hybridized carbons (Fsp3) is 1.00. The molecule has 2 atom stereocenters. The number of hydrogen-bond acceptors (Lipinski definition) is 0. The predicted molar refractivity (Wildman–Crippen MR) is 30.2 cm³/mol. The van der Waals surface area contributed by atoms with E-state index in [9.17, 15) is 4.39 Å². The molecule has 56 valence electrons. The summed E-state index contributed by atoms with van der Waals surface area (Å²) in [7, 11) is 0. The summed E-state index contributed by atoms with van der Waals surface area (Å²) >= 11 is 5.29. The van der Waals surface area contributed by atoms with Crippen molar-refractivity contribution in [3.05, 3.63) is 0 Å². The van der Waals surface area contributed by atoms with E-state index >= 15 is 0 Å². The molecule has 0 amide bonds. The van der Waals surface area contributed by atoms with Gasteiger partial charge in [0, 0.05) is 18.8 Å². The Hall–Kier alpha value is 0.470. The molecule has 9 heavy (non-hydrogen) atoms. The molecule has 0 spiro atoms. The van der Waals surface area contributed by atoms with Crippen molar-refractivity contribution in [1.82, 2.24) is 0 Å². The molecule has 1 saturated carbocycles. The zero-order valence-corrected chi connectivity index (χ0v) is 6.55. The van der Waals surface area contributed by atoms with Crippen LogP contribution in [-0.2, 0) is 0 Å². The van der Waals surface area contributed by atoms with E-state index in [0.29, 0.717) is 6.42 Å². The summed E-state index contributed by atoms with van der Waals surface area (Å²) in [5.41, 5.74) is 3.61. The third-order valence-electron chi connectivity index (χ3n) is 1.51. The van der Waals surface area contributed by atoms with Crippen LogP contribution in [0.4, 0.5) is 4.39 Å². The van der Waals surface area contributed by atoms with E-state index in [1.54, 1.807) is 0 Å². The summed E-state index contributed by atoms with van der Waals surface area (Å²) < 4.78 is 12.4. The minimum absolute atomic E-state index is 0. The highest BCUT2D eigenvalue weighted by Gasteiger charge is 2.53. The highest BCUT2D eigenvalue weighted by Crippen LogP contribution is 2.52. The average molecular weight is 174 g/mol. The molecule has 0 aromatic rings. The molecular weight excluding hydrogens is 164 g/mol. The molecular formula is C5H10Cl2FN. The molecule has 4 heteroatoms. The first-order valence-electron chi connectivity index (χ1n) is 2.84. The van der Waals surface area contributed by atoms with E-state index in [-0.39, 0.29) is 18.3 Å². The van der Waals surface area contributed by atoms with Gasteiger partial charge in [0.15, 0.2) is 5.13 Å². The quantitative estimate of drug-likeness (QED) is 0.450. The topological polar surface area (TPSA) is 27.6 Å². The Labute approximate surface area is 65.2 Å². The summed E-state index contributed by atoms with van der Waals surface area (Å²) in [4.78, 5) is 0. The van der Waals surface area contributed by atoms with Crippen LogP contribution >= 0.6 is 11.6 Å². The number of halogens is 3. The molecule has 0 radical (unpaired) electrons. The highest BCUT2D eigenvalue weighted by molar-refractivity contribution is 6.24. The second-order valence-corrected chi connectivity index (χ2v) is 2.93. The third-order valence-corrected chi connectivity index (χ3v) is 1.97. The lowest BCUT2D eigenvalue weighted by molar-refractivity contribution is -0.369. The van der Waals surface area contributed by atoms with Crippen molar-refractivity contribution >= 4 is 11.6 Å². The maximum Gasteiger partial charge on any atom is 0.187 e. The first kappa shape index (κ1) is 9.47. The van der Waals surface area contributed by atoms with Crippen molar-refractivity contribution in [3.8, 4) is 0 Å². The molecule has 1 fully saturated rings. The van der Waals surface area contributed by atoms with Crippen LogP contribution in [0.25, 0.3) is 0 Å². The number of rotatable bonds is 2. The molecule has 1 nitrogen and oxygen atoms in total. The Morgan fingerprint density at radius 2 is 2.22 bits per heavy atom. The lowest BCUT2D eigenvalue weighted by Gasteiger charge is -1.90. The monoisotopic (exact) mass is 173 g/mol. The molecule has 1 aliphatic rings. The van der Waals surface area contributed by atoms with E-state index in [1.807, 2.05) is 0 Å². The summed E-state index contributed by atoms with van der Waals surface area (Å²) in [6, 6.07) is 0. The summed E-state index contributed by atoms with van der Waals surface area (Å²) in [6.07, 6.45) is 1.37. The van der Waals surface area contributed by atoms with E-state index in [0.717, 1.165) is 13.0 Å². The van der Waals surface area contributed by atoms with Crippen molar-refractivity contribution in [2.45, 2.75) is 18.0 Å². The van der Waals surface area contributed by atoms with Gasteiger partial charge in [-0.05, 0) is 0 Å². The van der Waals surface area contributed by atoms with Crippen LogP contribution in [0.3, 0.4) is 0 Å². The zero-order chi connectivity index (χ0) is 6.20. The zero-order valence-electron chi connectivity index (χ0n) is 5.04. The van der Waals surface area contributed by atoms with Crippen LogP contribution in [0.5, 0.6) is 0 Å². The van der Waals surface area contributed by atoms with Crippen LogP contribution in [0, 0.1) is 5.92 Å². The summed E-state index contributed by atoms with van der Waals surface area (Å²) in [5, 5.41) is -1.35. The molecule has 0 saturated heterocycles. The van der Waals surface area contributed by atoms with Crippen molar-refractivity contribution in [2.24, 2.45) is 5.92 Å². The van der Waals surface area contributed by atoms with E-state index in [4.69, 9.17) is 11.6 Å². The molecule has 0 heterocycles. The maximum absolute atomic E-state index is 12.4. The fourth-order valence-electron chi connectivity index (χ4n) is 0.829. The summed E-state index contributed by atoms with van der Waals surface area (Å²) in [6.45, 7) is 0.795.